The van der Waals surface area contributed by atoms with E-state index >= 15 is 4.39 Å². The van der Waals surface area contributed by atoms with Crippen molar-refractivity contribution in [2.45, 2.75) is 25.8 Å². The van der Waals surface area contributed by atoms with Crippen molar-refractivity contribution in [3.05, 3.63) is 105 Å². The Kier molecular flexibility index (Phi) is 9.93. The van der Waals surface area contributed by atoms with E-state index in [1.54, 1.807) is 75.5 Å². The number of aromatic nitrogens is 4. The molecule has 1 aliphatic heterocycles. The summed E-state index contributed by atoms with van der Waals surface area (Å²) in [7, 11) is 3.10. The predicted molar refractivity (Wildman–Crippen MR) is 184 cm³/mol. The summed E-state index contributed by atoms with van der Waals surface area (Å²) < 4.78 is 34.5. The van der Waals surface area contributed by atoms with Gasteiger partial charge in [0.15, 0.2) is 23.1 Å². The third-order valence-electron chi connectivity index (χ3n) is 8.37. The standard InChI is InChI=1S/C36H33BrFN5O5/c1-46-32-6-4-23(14-33(32)47-2)24-13-27(35(39)40-15-24)26-5-3-22(11-30(26)38)12-31(44)28-19-43(18-21-7-9-48-10-8-21)20-29(34(28)45)36-41-16-25(37)17-42-36/h3-6,11,13-17,19-21H,7-10,12,18H2,1-2H3,(H2,39,40). The van der Waals surface area contributed by atoms with Crippen LogP contribution in [0.25, 0.3) is 33.6 Å². The highest BCUT2D eigenvalue weighted by Crippen LogP contribution is 2.36. The largest absolute Gasteiger partial charge is 0.493 e. The molecule has 0 aliphatic carbocycles. The normalized spacial score (nSPS) is 13.3. The van der Waals surface area contributed by atoms with Gasteiger partial charge >= 0.3 is 0 Å². The molecule has 48 heavy (non-hydrogen) atoms. The minimum atomic E-state index is -0.577. The van der Waals surface area contributed by atoms with E-state index in [1.165, 1.54) is 6.07 Å². The molecule has 0 amide bonds. The van der Waals surface area contributed by atoms with E-state index in [4.69, 9.17) is 19.9 Å². The van der Waals surface area contributed by atoms with Crippen LogP contribution in [0.1, 0.15) is 28.8 Å². The van der Waals surface area contributed by atoms with Crippen molar-refractivity contribution in [2.75, 3.05) is 33.2 Å². The second-order valence-electron chi connectivity index (χ2n) is 11.5. The van der Waals surface area contributed by atoms with Crippen LogP contribution in [0.15, 0.2) is 82.7 Å². The lowest BCUT2D eigenvalue weighted by Gasteiger charge is -2.23. The highest BCUT2D eigenvalue weighted by atomic mass is 79.9. The fourth-order valence-electron chi connectivity index (χ4n) is 5.81. The number of nitrogens with two attached hydrogens (primary N) is 1. The Balaban J connectivity index is 1.29. The molecule has 10 nitrogen and oxygen atoms in total. The Morgan fingerprint density at radius 3 is 2.40 bits per heavy atom. The summed E-state index contributed by atoms with van der Waals surface area (Å²) in [5.41, 5.74) is 8.45. The first-order chi connectivity index (χ1) is 23.2. The van der Waals surface area contributed by atoms with Gasteiger partial charge in [0.25, 0.3) is 0 Å². The van der Waals surface area contributed by atoms with Gasteiger partial charge in [-0.1, -0.05) is 18.2 Å². The van der Waals surface area contributed by atoms with Crippen molar-refractivity contribution in [1.82, 2.24) is 19.5 Å². The van der Waals surface area contributed by atoms with E-state index in [0.29, 0.717) is 58.3 Å². The zero-order valence-corrected chi connectivity index (χ0v) is 28.0. The number of nitrogens with zero attached hydrogens (tertiary/aromatic N) is 4. The van der Waals surface area contributed by atoms with Gasteiger partial charge in [-0.05, 0) is 70.1 Å². The first kappa shape index (κ1) is 33.0. The van der Waals surface area contributed by atoms with E-state index in [-0.39, 0.29) is 34.8 Å². The van der Waals surface area contributed by atoms with Crippen LogP contribution in [0.4, 0.5) is 10.2 Å². The summed E-state index contributed by atoms with van der Waals surface area (Å²) in [5.74, 6) is 0.799. The van der Waals surface area contributed by atoms with Gasteiger partial charge < -0.3 is 24.5 Å². The maximum atomic E-state index is 15.7. The molecule has 1 aliphatic rings. The first-order valence-corrected chi connectivity index (χ1v) is 16.1. The zero-order chi connectivity index (χ0) is 33.8. The average Bonchev–Trinajstić information content (AvgIpc) is 3.10. The molecule has 2 aromatic carbocycles. The van der Waals surface area contributed by atoms with E-state index in [0.717, 1.165) is 18.4 Å². The number of pyridine rings is 2. The number of carbonyl (C=O) groups is 1. The number of ether oxygens (including phenoxy) is 3. The maximum absolute atomic E-state index is 15.7. The van der Waals surface area contributed by atoms with Gasteiger partial charge in [0.1, 0.15) is 11.6 Å². The van der Waals surface area contributed by atoms with E-state index in [1.807, 2.05) is 10.6 Å². The molecular weight excluding hydrogens is 681 g/mol. The van der Waals surface area contributed by atoms with Crippen LogP contribution in [-0.4, -0.2) is 52.7 Å². The van der Waals surface area contributed by atoms with Crippen LogP contribution in [0.2, 0.25) is 0 Å². The number of halogens is 2. The van der Waals surface area contributed by atoms with Crippen LogP contribution < -0.4 is 20.6 Å². The number of benzene rings is 2. The third kappa shape index (κ3) is 7.14. The SMILES string of the molecule is COc1ccc(-c2cnc(N)c(-c3ccc(CC(=O)c4cn(CC5CCOCC5)cc(-c5ncc(Br)cn5)c4=O)cc3F)c2)cc1OC. The quantitative estimate of drug-likeness (QED) is 0.164. The molecule has 3 aromatic heterocycles. The molecule has 0 saturated carbocycles. The van der Waals surface area contributed by atoms with Crippen molar-refractivity contribution in [2.24, 2.45) is 5.92 Å². The number of hydrogen-bond acceptors (Lipinski definition) is 9. The molecule has 6 rings (SSSR count). The molecule has 12 heteroatoms. The van der Waals surface area contributed by atoms with E-state index in [9.17, 15) is 9.59 Å². The molecule has 1 fully saturated rings. The number of carbonyl (C=O) groups excluding carboxylic acids is 1. The summed E-state index contributed by atoms with van der Waals surface area (Å²) in [6, 6.07) is 11.7. The number of nitrogen functional groups attached to an aromatic ring is 1. The Labute approximate surface area is 284 Å². The molecule has 5 aromatic rings. The molecule has 4 heterocycles. The first-order valence-electron chi connectivity index (χ1n) is 15.3. The summed E-state index contributed by atoms with van der Waals surface area (Å²) >= 11 is 3.32. The number of anilines is 1. The van der Waals surface area contributed by atoms with Crippen molar-refractivity contribution in [3.8, 4) is 45.1 Å². The van der Waals surface area contributed by atoms with Gasteiger partial charge in [-0.2, -0.15) is 0 Å². The van der Waals surface area contributed by atoms with Crippen LogP contribution in [0.5, 0.6) is 11.5 Å². The number of ketones is 1. The Bertz CT molecular complexity index is 2030. The molecule has 0 atom stereocenters. The summed E-state index contributed by atoms with van der Waals surface area (Å²) in [6.45, 7) is 1.95. The molecule has 0 unspecified atom stereocenters. The summed E-state index contributed by atoms with van der Waals surface area (Å²) in [5, 5.41) is 0. The van der Waals surface area contributed by atoms with Crippen molar-refractivity contribution in [1.29, 1.82) is 0 Å². The Morgan fingerprint density at radius 2 is 1.69 bits per heavy atom. The Morgan fingerprint density at radius 1 is 0.938 bits per heavy atom. The minimum absolute atomic E-state index is 0.00775. The highest BCUT2D eigenvalue weighted by Gasteiger charge is 2.21. The fourth-order valence-corrected chi connectivity index (χ4v) is 6.01. The second kappa shape index (κ2) is 14.4. The second-order valence-corrected chi connectivity index (χ2v) is 12.4. The van der Waals surface area contributed by atoms with E-state index in [2.05, 4.69) is 30.9 Å². The van der Waals surface area contributed by atoms with Gasteiger partial charge in [-0.15, -0.1) is 0 Å². The van der Waals surface area contributed by atoms with Crippen molar-refractivity contribution >= 4 is 27.5 Å². The van der Waals surface area contributed by atoms with Crippen LogP contribution in [0, 0.1) is 11.7 Å². The lowest BCUT2D eigenvalue weighted by molar-refractivity contribution is 0.0612. The smallest absolute Gasteiger partial charge is 0.203 e. The average molecular weight is 715 g/mol. The summed E-state index contributed by atoms with van der Waals surface area (Å²) in [4.78, 5) is 40.2. The number of rotatable bonds is 10. The lowest BCUT2D eigenvalue weighted by Crippen LogP contribution is -2.25. The minimum Gasteiger partial charge on any atom is -0.493 e. The number of hydrogen-bond donors (Lipinski definition) is 1. The summed E-state index contributed by atoms with van der Waals surface area (Å²) in [6.07, 6.45) is 9.55. The van der Waals surface area contributed by atoms with Gasteiger partial charge in [0.05, 0.1) is 29.8 Å². The monoisotopic (exact) mass is 713 g/mol. The van der Waals surface area contributed by atoms with Crippen LogP contribution >= 0.6 is 15.9 Å². The van der Waals surface area contributed by atoms with Crippen LogP contribution in [-0.2, 0) is 17.7 Å². The molecule has 2 N–H and O–H groups in total. The van der Waals surface area contributed by atoms with Gasteiger partial charge in [0.2, 0.25) is 5.43 Å². The fraction of sp³-hybridized carbons (Fsp3) is 0.250. The number of Topliss-reactive ketones (excluding diaryl/α,β-unsaturated/α-hetero) is 1. The number of methoxy groups -OCH3 is 2. The molecule has 0 spiro atoms. The molecule has 1 saturated heterocycles. The van der Waals surface area contributed by atoms with Crippen molar-refractivity contribution in [3.63, 3.8) is 0 Å². The molecule has 0 radical (unpaired) electrons. The molecule has 0 bridgehead atoms. The molecule has 246 valence electrons. The lowest BCUT2D eigenvalue weighted by atomic mass is 9.97. The highest BCUT2D eigenvalue weighted by molar-refractivity contribution is 9.10. The maximum Gasteiger partial charge on any atom is 0.203 e. The third-order valence-corrected chi connectivity index (χ3v) is 8.78. The Hall–Kier alpha value is -4.94. The zero-order valence-electron chi connectivity index (χ0n) is 26.4. The van der Waals surface area contributed by atoms with Gasteiger partial charge in [-0.3, -0.25) is 9.59 Å². The predicted octanol–water partition coefficient (Wildman–Crippen LogP) is 6.39. The van der Waals surface area contributed by atoms with Crippen LogP contribution in [0.3, 0.4) is 0 Å². The molecular formula is C36H33BrFN5O5. The van der Waals surface area contributed by atoms with E-state index < -0.39 is 17.0 Å². The topological polar surface area (TPSA) is 131 Å². The van der Waals surface area contributed by atoms with Crippen molar-refractivity contribution < 1.29 is 23.4 Å². The van der Waals surface area contributed by atoms with Gasteiger partial charge in [-0.25, -0.2) is 19.3 Å². The van der Waals surface area contributed by atoms with Gasteiger partial charge in [0, 0.05) is 73.9 Å².